The van der Waals surface area contributed by atoms with Crippen molar-refractivity contribution in [1.29, 1.82) is 0 Å². The van der Waals surface area contributed by atoms with Gasteiger partial charge in [-0.2, -0.15) is 0 Å². The van der Waals surface area contributed by atoms with Gasteiger partial charge in [-0.25, -0.2) is 0 Å². The van der Waals surface area contributed by atoms with Crippen molar-refractivity contribution in [2.45, 2.75) is 39.4 Å². The SMILES string of the molecule is COC(CC(C)C)C(C)O. The lowest BCUT2D eigenvalue weighted by Gasteiger charge is -2.19. The Bertz CT molecular complexity index is 79.3. The first kappa shape index (κ1) is 9.92. The Morgan fingerprint density at radius 2 is 1.80 bits per heavy atom. The van der Waals surface area contributed by atoms with E-state index in [9.17, 15) is 0 Å². The summed E-state index contributed by atoms with van der Waals surface area (Å²) in [5, 5.41) is 9.14. The second-order valence-corrected chi connectivity index (χ2v) is 3.14. The fraction of sp³-hybridized carbons (Fsp3) is 1.00. The number of methoxy groups -OCH3 is 1. The Kier molecular flexibility index (Phi) is 4.65. The zero-order valence-corrected chi connectivity index (χ0v) is 7.29. The smallest absolute Gasteiger partial charge is 0.0829 e. The van der Waals surface area contributed by atoms with Gasteiger partial charge in [0.1, 0.15) is 0 Å². The topological polar surface area (TPSA) is 29.5 Å². The van der Waals surface area contributed by atoms with Crippen LogP contribution in [0.25, 0.3) is 0 Å². The molecule has 2 atom stereocenters. The quantitative estimate of drug-likeness (QED) is 0.650. The molecule has 2 unspecified atom stereocenters. The molecule has 0 amide bonds. The highest BCUT2D eigenvalue weighted by Crippen LogP contribution is 2.10. The molecular weight excluding hydrogens is 128 g/mol. The lowest BCUT2D eigenvalue weighted by molar-refractivity contribution is -0.0133. The summed E-state index contributed by atoms with van der Waals surface area (Å²) in [4.78, 5) is 0. The highest BCUT2D eigenvalue weighted by molar-refractivity contribution is 4.65. The Morgan fingerprint density at radius 1 is 1.30 bits per heavy atom. The Balaban J connectivity index is 3.60. The molecule has 2 nitrogen and oxygen atoms in total. The van der Waals surface area contributed by atoms with Crippen molar-refractivity contribution in [3.63, 3.8) is 0 Å². The van der Waals surface area contributed by atoms with E-state index in [4.69, 9.17) is 9.84 Å². The fourth-order valence-corrected chi connectivity index (χ4v) is 0.955. The molecule has 0 aliphatic rings. The molecule has 0 rings (SSSR count). The first-order valence-electron chi connectivity index (χ1n) is 3.78. The molecule has 0 aromatic rings. The molecule has 0 aliphatic heterocycles. The molecule has 62 valence electrons. The van der Waals surface area contributed by atoms with Gasteiger partial charge < -0.3 is 9.84 Å². The maximum atomic E-state index is 9.14. The van der Waals surface area contributed by atoms with Crippen LogP contribution >= 0.6 is 0 Å². The summed E-state index contributed by atoms with van der Waals surface area (Å²) >= 11 is 0. The molecular formula is C8H18O2. The lowest BCUT2D eigenvalue weighted by atomic mass is 10.0. The average molecular weight is 146 g/mol. The van der Waals surface area contributed by atoms with E-state index < -0.39 is 0 Å². The van der Waals surface area contributed by atoms with Crippen molar-refractivity contribution in [2.75, 3.05) is 7.11 Å². The molecule has 0 fully saturated rings. The summed E-state index contributed by atoms with van der Waals surface area (Å²) in [5.41, 5.74) is 0. The van der Waals surface area contributed by atoms with Gasteiger partial charge in [0.15, 0.2) is 0 Å². The largest absolute Gasteiger partial charge is 0.391 e. The number of aliphatic hydroxyl groups excluding tert-OH is 1. The van der Waals surface area contributed by atoms with E-state index in [-0.39, 0.29) is 12.2 Å². The van der Waals surface area contributed by atoms with Crippen LogP contribution in [0.5, 0.6) is 0 Å². The summed E-state index contributed by atoms with van der Waals surface area (Å²) in [7, 11) is 1.64. The fourth-order valence-electron chi connectivity index (χ4n) is 0.955. The molecule has 10 heavy (non-hydrogen) atoms. The molecule has 0 saturated carbocycles. The Morgan fingerprint density at radius 3 is 1.90 bits per heavy atom. The standard InChI is InChI=1S/C8H18O2/c1-6(2)5-8(10-4)7(3)9/h6-9H,5H2,1-4H3. The first-order chi connectivity index (χ1) is 4.57. The van der Waals surface area contributed by atoms with Gasteiger partial charge in [-0.1, -0.05) is 13.8 Å². The van der Waals surface area contributed by atoms with E-state index in [0.29, 0.717) is 5.92 Å². The molecule has 0 heterocycles. The van der Waals surface area contributed by atoms with Crippen LogP contribution in [0.4, 0.5) is 0 Å². The minimum Gasteiger partial charge on any atom is -0.391 e. The summed E-state index contributed by atoms with van der Waals surface area (Å²) in [6.07, 6.45) is 0.571. The van der Waals surface area contributed by atoms with Gasteiger partial charge in [0.25, 0.3) is 0 Å². The van der Waals surface area contributed by atoms with Gasteiger partial charge in [-0.3, -0.25) is 0 Å². The molecule has 0 aromatic carbocycles. The highest BCUT2D eigenvalue weighted by atomic mass is 16.5. The van der Waals surface area contributed by atoms with E-state index in [1.807, 2.05) is 0 Å². The Labute approximate surface area is 63.2 Å². The molecule has 0 radical (unpaired) electrons. The maximum absolute atomic E-state index is 9.14. The van der Waals surface area contributed by atoms with Crippen LogP contribution < -0.4 is 0 Å². The number of aliphatic hydroxyl groups is 1. The lowest BCUT2D eigenvalue weighted by Crippen LogP contribution is -2.26. The maximum Gasteiger partial charge on any atom is 0.0829 e. The zero-order valence-electron chi connectivity index (χ0n) is 7.29. The molecule has 2 heteroatoms. The molecule has 0 spiro atoms. The zero-order chi connectivity index (χ0) is 8.15. The van der Waals surface area contributed by atoms with E-state index in [0.717, 1.165) is 6.42 Å². The second kappa shape index (κ2) is 4.69. The van der Waals surface area contributed by atoms with Crippen LogP contribution in [-0.2, 0) is 4.74 Å². The van der Waals surface area contributed by atoms with Gasteiger partial charge in [-0.05, 0) is 19.3 Å². The van der Waals surface area contributed by atoms with Crippen molar-refractivity contribution in [1.82, 2.24) is 0 Å². The van der Waals surface area contributed by atoms with Crippen LogP contribution in [0.1, 0.15) is 27.2 Å². The van der Waals surface area contributed by atoms with Crippen molar-refractivity contribution in [3.8, 4) is 0 Å². The first-order valence-corrected chi connectivity index (χ1v) is 3.78. The third-order valence-electron chi connectivity index (χ3n) is 1.54. The minimum absolute atomic E-state index is 0.000000000000000222. The van der Waals surface area contributed by atoms with Crippen LogP contribution in [0.3, 0.4) is 0 Å². The van der Waals surface area contributed by atoms with Crippen molar-refractivity contribution in [3.05, 3.63) is 0 Å². The number of rotatable bonds is 4. The molecule has 0 bridgehead atoms. The third kappa shape index (κ3) is 3.85. The molecule has 1 N–H and O–H groups in total. The normalized spacial score (nSPS) is 17.4. The van der Waals surface area contributed by atoms with Gasteiger partial charge in [-0.15, -0.1) is 0 Å². The van der Waals surface area contributed by atoms with E-state index >= 15 is 0 Å². The van der Waals surface area contributed by atoms with Crippen molar-refractivity contribution < 1.29 is 9.84 Å². The monoisotopic (exact) mass is 146 g/mol. The summed E-state index contributed by atoms with van der Waals surface area (Å²) in [5.74, 6) is 0.583. The Hall–Kier alpha value is -0.0800. The van der Waals surface area contributed by atoms with Gasteiger partial charge in [0, 0.05) is 7.11 Å². The second-order valence-electron chi connectivity index (χ2n) is 3.14. The van der Waals surface area contributed by atoms with Gasteiger partial charge >= 0.3 is 0 Å². The van der Waals surface area contributed by atoms with Gasteiger partial charge in [0.2, 0.25) is 0 Å². The van der Waals surface area contributed by atoms with E-state index in [1.54, 1.807) is 14.0 Å². The van der Waals surface area contributed by atoms with Crippen LogP contribution in [-0.4, -0.2) is 24.4 Å². The highest BCUT2D eigenvalue weighted by Gasteiger charge is 2.14. The minimum atomic E-state index is -0.354. The number of hydrogen-bond donors (Lipinski definition) is 1. The predicted octanol–water partition coefficient (Wildman–Crippen LogP) is 1.43. The van der Waals surface area contributed by atoms with Crippen molar-refractivity contribution in [2.24, 2.45) is 5.92 Å². The van der Waals surface area contributed by atoms with Crippen LogP contribution in [0.15, 0.2) is 0 Å². The van der Waals surface area contributed by atoms with E-state index in [1.165, 1.54) is 0 Å². The number of ether oxygens (including phenoxy) is 1. The predicted molar refractivity (Wildman–Crippen MR) is 41.9 cm³/mol. The van der Waals surface area contributed by atoms with Crippen LogP contribution in [0.2, 0.25) is 0 Å². The summed E-state index contributed by atoms with van der Waals surface area (Å²) in [6, 6.07) is 0. The molecule has 0 saturated heterocycles. The number of hydrogen-bond acceptors (Lipinski definition) is 2. The van der Waals surface area contributed by atoms with Crippen LogP contribution in [0, 0.1) is 5.92 Å². The van der Waals surface area contributed by atoms with Gasteiger partial charge in [0.05, 0.1) is 12.2 Å². The third-order valence-corrected chi connectivity index (χ3v) is 1.54. The average Bonchev–Trinajstić information content (AvgIpc) is 1.81. The molecule has 0 aromatic heterocycles. The summed E-state index contributed by atoms with van der Waals surface area (Å²) < 4.78 is 5.07. The summed E-state index contributed by atoms with van der Waals surface area (Å²) in [6.45, 7) is 6.00. The van der Waals surface area contributed by atoms with Crippen molar-refractivity contribution >= 4 is 0 Å². The van der Waals surface area contributed by atoms with E-state index in [2.05, 4.69) is 13.8 Å². The molecule has 0 aliphatic carbocycles.